The van der Waals surface area contributed by atoms with Gasteiger partial charge in [0, 0.05) is 12.8 Å². The van der Waals surface area contributed by atoms with E-state index >= 15 is 0 Å². The number of benzene rings is 1. The van der Waals surface area contributed by atoms with Gasteiger partial charge in [0.15, 0.2) is 5.82 Å². The van der Waals surface area contributed by atoms with Crippen LogP contribution < -0.4 is 11.5 Å². The van der Waals surface area contributed by atoms with Gasteiger partial charge in [-0.2, -0.15) is 4.98 Å². The summed E-state index contributed by atoms with van der Waals surface area (Å²) < 4.78 is 5.12. The highest BCUT2D eigenvalue weighted by molar-refractivity contribution is 5.73. The van der Waals surface area contributed by atoms with Crippen molar-refractivity contribution in [2.24, 2.45) is 11.5 Å². The highest BCUT2D eigenvalue weighted by Crippen LogP contribution is 2.15. The van der Waals surface area contributed by atoms with Crippen molar-refractivity contribution in [3.05, 3.63) is 47.1 Å². The van der Waals surface area contributed by atoms with Gasteiger partial charge < -0.3 is 16.0 Å². The monoisotopic (exact) mass is 274 g/mol. The zero-order chi connectivity index (χ0) is 14.5. The zero-order valence-corrected chi connectivity index (χ0v) is 11.4. The maximum Gasteiger partial charge on any atom is 0.243 e. The van der Waals surface area contributed by atoms with Crippen molar-refractivity contribution in [1.29, 1.82) is 0 Å². The lowest BCUT2D eigenvalue weighted by Crippen LogP contribution is -2.16. The summed E-state index contributed by atoms with van der Waals surface area (Å²) in [5, 5.41) is 3.90. The molecule has 0 saturated heterocycles. The molecule has 0 fully saturated rings. The maximum absolute atomic E-state index is 10.7. The number of amides is 1. The van der Waals surface area contributed by atoms with Crippen LogP contribution in [0.15, 0.2) is 28.8 Å². The van der Waals surface area contributed by atoms with Gasteiger partial charge in [-0.1, -0.05) is 35.0 Å². The molecule has 0 aliphatic carbocycles. The summed E-state index contributed by atoms with van der Waals surface area (Å²) in [6.07, 6.45) is 1.20. The first kappa shape index (κ1) is 14.2. The number of hydrogen-bond donors (Lipinski definition) is 2. The summed E-state index contributed by atoms with van der Waals surface area (Å²) in [5.74, 6) is 0.534. The normalized spacial score (nSPS) is 12.3. The number of aryl methyl sites for hydroxylation is 1. The minimum absolute atomic E-state index is 0.205. The number of carbonyl (C=O) groups is 1. The van der Waals surface area contributed by atoms with Gasteiger partial charge in [0.25, 0.3) is 0 Å². The fraction of sp³-hybridized carbons (Fsp3) is 0.357. The van der Waals surface area contributed by atoms with E-state index in [1.807, 2.05) is 31.2 Å². The smallest absolute Gasteiger partial charge is 0.243 e. The Labute approximate surface area is 117 Å². The first-order valence-corrected chi connectivity index (χ1v) is 6.46. The second-order valence-electron chi connectivity index (χ2n) is 4.82. The van der Waals surface area contributed by atoms with E-state index in [0.29, 0.717) is 24.6 Å². The van der Waals surface area contributed by atoms with Crippen molar-refractivity contribution >= 4 is 5.91 Å². The topological polar surface area (TPSA) is 108 Å². The summed E-state index contributed by atoms with van der Waals surface area (Å²) in [6, 6.07) is 7.67. The fourth-order valence-corrected chi connectivity index (χ4v) is 1.80. The number of nitrogens with two attached hydrogens (primary N) is 2. The fourth-order valence-electron chi connectivity index (χ4n) is 1.80. The van der Waals surface area contributed by atoms with Crippen molar-refractivity contribution in [1.82, 2.24) is 10.1 Å². The average molecular weight is 274 g/mol. The summed E-state index contributed by atoms with van der Waals surface area (Å²) in [6.45, 7) is 2.04. The molecule has 20 heavy (non-hydrogen) atoms. The van der Waals surface area contributed by atoms with E-state index in [2.05, 4.69) is 10.1 Å². The molecule has 1 heterocycles. The Bertz CT molecular complexity index is 577. The highest BCUT2D eigenvalue weighted by atomic mass is 16.5. The van der Waals surface area contributed by atoms with Gasteiger partial charge in [-0.25, -0.2) is 0 Å². The SMILES string of the molecule is Cc1ccc(Cc2noc([C@@H](N)CCC(N)=O)n2)cc1. The maximum atomic E-state index is 10.7. The van der Waals surface area contributed by atoms with Crippen LogP contribution in [-0.4, -0.2) is 16.0 Å². The first-order chi connectivity index (χ1) is 9.54. The third-order valence-electron chi connectivity index (χ3n) is 2.99. The molecule has 1 amide bonds. The second kappa shape index (κ2) is 6.29. The number of primary amides is 1. The minimum atomic E-state index is -0.457. The standard InChI is InChI=1S/C14H18N4O2/c1-9-2-4-10(5-3-9)8-13-17-14(20-18-13)11(15)6-7-12(16)19/h2-5,11H,6-8,15H2,1H3,(H2,16,19)/t11-/m0/s1. The molecule has 0 radical (unpaired) electrons. The van der Waals surface area contributed by atoms with Crippen LogP contribution in [0.4, 0.5) is 0 Å². The van der Waals surface area contributed by atoms with Gasteiger partial charge in [0.2, 0.25) is 11.8 Å². The van der Waals surface area contributed by atoms with E-state index in [0.717, 1.165) is 5.56 Å². The first-order valence-electron chi connectivity index (χ1n) is 6.46. The van der Waals surface area contributed by atoms with Crippen molar-refractivity contribution < 1.29 is 9.32 Å². The van der Waals surface area contributed by atoms with Gasteiger partial charge in [0.1, 0.15) is 0 Å². The molecule has 0 unspecified atom stereocenters. The molecule has 0 bridgehead atoms. The Kier molecular flexibility index (Phi) is 4.47. The lowest BCUT2D eigenvalue weighted by atomic mass is 10.1. The highest BCUT2D eigenvalue weighted by Gasteiger charge is 2.15. The van der Waals surface area contributed by atoms with Gasteiger partial charge in [-0.05, 0) is 18.9 Å². The van der Waals surface area contributed by atoms with E-state index in [-0.39, 0.29) is 12.3 Å². The van der Waals surface area contributed by atoms with Crippen LogP contribution >= 0.6 is 0 Å². The molecule has 6 heteroatoms. The van der Waals surface area contributed by atoms with Crippen LogP contribution in [0.25, 0.3) is 0 Å². The van der Waals surface area contributed by atoms with E-state index in [4.69, 9.17) is 16.0 Å². The van der Waals surface area contributed by atoms with Crippen LogP contribution in [0.1, 0.15) is 41.7 Å². The lowest BCUT2D eigenvalue weighted by molar-refractivity contribution is -0.118. The molecule has 0 spiro atoms. The molecule has 6 nitrogen and oxygen atoms in total. The molecule has 2 aromatic rings. The summed E-state index contributed by atoms with van der Waals surface area (Å²) in [7, 11) is 0. The number of aromatic nitrogens is 2. The average Bonchev–Trinajstić information content (AvgIpc) is 2.87. The molecular formula is C14H18N4O2. The molecule has 106 valence electrons. The van der Waals surface area contributed by atoms with Crippen LogP contribution in [0.3, 0.4) is 0 Å². The minimum Gasteiger partial charge on any atom is -0.370 e. The largest absolute Gasteiger partial charge is 0.370 e. The molecule has 0 aliphatic heterocycles. The second-order valence-corrected chi connectivity index (χ2v) is 4.82. The van der Waals surface area contributed by atoms with E-state index in [9.17, 15) is 4.79 Å². The third-order valence-corrected chi connectivity index (χ3v) is 2.99. The van der Waals surface area contributed by atoms with Gasteiger partial charge in [0.05, 0.1) is 6.04 Å². The molecule has 4 N–H and O–H groups in total. The van der Waals surface area contributed by atoms with E-state index < -0.39 is 6.04 Å². The molecular weight excluding hydrogens is 256 g/mol. The molecule has 1 aromatic carbocycles. The molecule has 0 aliphatic rings. The van der Waals surface area contributed by atoms with Crippen LogP contribution in [-0.2, 0) is 11.2 Å². The Morgan fingerprint density at radius 1 is 1.35 bits per heavy atom. The van der Waals surface area contributed by atoms with Crippen molar-refractivity contribution in [2.75, 3.05) is 0 Å². The molecule has 1 aromatic heterocycles. The molecule has 2 rings (SSSR count). The van der Waals surface area contributed by atoms with Crippen molar-refractivity contribution in [2.45, 2.75) is 32.2 Å². The van der Waals surface area contributed by atoms with E-state index in [1.165, 1.54) is 5.56 Å². The molecule has 0 saturated carbocycles. The predicted octanol–water partition coefficient (Wildman–Crippen LogP) is 1.23. The van der Waals surface area contributed by atoms with Crippen molar-refractivity contribution in [3.8, 4) is 0 Å². The summed E-state index contributed by atoms with van der Waals surface area (Å²) >= 11 is 0. The number of carbonyl (C=O) groups excluding carboxylic acids is 1. The van der Waals surface area contributed by atoms with E-state index in [1.54, 1.807) is 0 Å². The molecule has 1 atom stereocenters. The number of nitrogens with zero attached hydrogens (tertiary/aromatic N) is 2. The van der Waals surface area contributed by atoms with Crippen LogP contribution in [0.2, 0.25) is 0 Å². The number of hydrogen-bond acceptors (Lipinski definition) is 5. The zero-order valence-electron chi connectivity index (χ0n) is 11.4. The summed E-state index contributed by atoms with van der Waals surface area (Å²) in [5.41, 5.74) is 13.3. The van der Waals surface area contributed by atoms with Crippen molar-refractivity contribution in [3.63, 3.8) is 0 Å². The third kappa shape index (κ3) is 3.89. The Hall–Kier alpha value is -2.21. The Morgan fingerprint density at radius 2 is 2.05 bits per heavy atom. The quantitative estimate of drug-likeness (QED) is 0.823. The van der Waals surface area contributed by atoms with Crippen LogP contribution in [0.5, 0.6) is 0 Å². The van der Waals surface area contributed by atoms with Crippen LogP contribution in [0, 0.1) is 6.92 Å². The van der Waals surface area contributed by atoms with Gasteiger partial charge in [-0.3, -0.25) is 4.79 Å². The van der Waals surface area contributed by atoms with Gasteiger partial charge >= 0.3 is 0 Å². The summed E-state index contributed by atoms with van der Waals surface area (Å²) in [4.78, 5) is 15.0. The predicted molar refractivity (Wildman–Crippen MR) is 73.6 cm³/mol. The Morgan fingerprint density at radius 3 is 2.70 bits per heavy atom. The Balaban J connectivity index is 1.98. The number of rotatable bonds is 6. The lowest BCUT2D eigenvalue weighted by Gasteiger charge is -2.03. The van der Waals surface area contributed by atoms with Gasteiger partial charge in [-0.15, -0.1) is 0 Å².